The maximum Gasteiger partial charge on any atom is 0.253 e. The molecule has 4 aromatic carbocycles. The molecule has 3 heterocycles. The van der Waals surface area contributed by atoms with Gasteiger partial charge in [0.15, 0.2) is 0 Å². The third kappa shape index (κ3) is 36.4. The molecule has 9 atom stereocenters. The van der Waals surface area contributed by atoms with Crippen molar-refractivity contribution in [1.82, 2.24) is 58.8 Å². The number of fused-ring (bicyclic) bond motifs is 4. The molecule has 772 valence electrons. The lowest BCUT2D eigenvalue weighted by Gasteiger charge is -2.33. The highest BCUT2D eigenvalue weighted by Gasteiger charge is 2.55. The molecule has 0 radical (unpaired) electrons. The molecule has 4 aliphatic carbocycles. The second-order valence-corrected chi connectivity index (χ2v) is 47.3. The van der Waals surface area contributed by atoms with Crippen molar-refractivity contribution in [1.29, 1.82) is 0 Å². The van der Waals surface area contributed by atoms with Gasteiger partial charge in [0, 0.05) is 213 Å². The SMILES string of the molecule is CN(C)CCN(C)C(=O)[C@@H]1C2C=CC(C2)[C@@H]1C(=O)C(C)(C)C.CN(C)CCN(C)C(=O)[C@H]1C2C=CC(C2)[C@H]1C(=O)C(C)(C)C.CN(C)CCN(C)C(=O)c1ccccc1CC(=O)C(C)(C)C.CN(CC1CCCN1C)C(=O)c1ccccc1CC(=O)C(C)(C)C.CN(CCN1CCCC1)C(=O)c1ccccc1CC(=O)C(C)(C)C.CN(CCN1CCCCC1)C(=O)c1ccccc1CC(=O)C(C)(C)C. The van der Waals surface area contributed by atoms with Crippen LogP contribution in [0.2, 0.25) is 0 Å². The van der Waals surface area contributed by atoms with Gasteiger partial charge < -0.3 is 58.8 Å². The van der Waals surface area contributed by atoms with E-state index in [1.165, 1.54) is 38.5 Å². The number of likely N-dealkylation sites (N-methyl/N-ethyl adjacent to an activating group) is 10. The van der Waals surface area contributed by atoms with Crippen LogP contribution in [0.3, 0.4) is 0 Å². The molecule has 4 aromatic rings. The Kier molecular flexibility index (Phi) is 45.5. The number of carbonyl (C=O) groups is 12. The lowest BCUT2D eigenvalue weighted by molar-refractivity contribution is -0.143. The van der Waals surface area contributed by atoms with E-state index < -0.39 is 21.7 Å². The average Bonchev–Trinajstić information content (AvgIpc) is 1.60. The minimum absolute atomic E-state index is 0.00602. The number of likely N-dealkylation sites (tertiary alicyclic amines) is 3. The maximum absolute atomic E-state index is 12.9. The fourth-order valence-corrected chi connectivity index (χ4v) is 18.6. The van der Waals surface area contributed by atoms with Gasteiger partial charge in [-0.1, -0.05) is 228 Å². The minimum atomic E-state index is -0.396. The summed E-state index contributed by atoms with van der Waals surface area (Å²) in [7, 11) is 25.2. The summed E-state index contributed by atoms with van der Waals surface area (Å²) in [5.74, 6) is 1.78. The predicted octanol–water partition coefficient (Wildman–Crippen LogP) is 16.0. The van der Waals surface area contributed by atoms with E-state index in [-0.39, 0.29) is 128 Å². The number of rotatable bonds is 33. The highest BCUT2D eigenvalue weighted by molar-refractivity contribution is 6.01. The summed E-state index contributed by atoms with van der Waals surface area (Å²) in [5, 5.41) is 0. The Bertz CT molecular complexity index is 4710. The van der Waals surface area contributed by atoms with E-state index in [4.69, 9.17) is 0 Å². The normalized spacial score (nSPS) is 20.1. The minimum Gasteiger partial charge on any atom is -0.344 e. The maximum atomic E-state index is 12.9. The first-order chi connectivity index (χ1) is 64.6. The van der Waals surface area contributed by atoms with Crippen molar-refractivity contribution in [2.75, 3.05) is 196 Å². The molecule has 0 N–H and O–H groups in total. The summed E-state index contributed by atoms with van der Waals surface area (Å²) in [6.07, 6.45) is 20.5. The summed E-state index contributed by atoms with van der Waals surface area (Å²) in [5.41, 5.74) is 3.54. The summed E-state index contributed by atoms with van der Waals surface area (Å²) >= 11 is 0. The Hall–Kier alpha value is -9.04. The topological polar surface area (TPSA) is 244 Å². The van der Waals surface area contributed by atoms with E-state index in [2.05, 4.69) is 55.9 Å². The largest absolute Gasteiger partial charge is 0.344 e. The second-order valence-electron chi connectivity index (χ2n) is 47.3. The number of nitrogens with zero attached hydrogens (tertiary/aromatic N) is 12. The van der Waals surface area contributed by atoms with Crippen LogP contribution in [0, 0.1) is 79.8 Å². The van der Waals surface area contributed by atoms with E-state index in [1.807, 2.05) is 308 Å². The zero-order valence-corrected chi connectivity index (χ0v) is 91.5. The Morgan fingerprint density at radius 1 is 0.288 bits per heavy atom. The number of hydrogen-bond acceptors (Lipinski definition) is 18. The van der Waals surface area contributed by atoms with Crippen molar-refractivity contribution < 1.29 is 57.5 Å². The van der Waals surface area contributed by atoms with Crippen LogP contribution in [0.25, 0.3) is 0 Å². The van der Waals surface area contributed by atoms with Crippen molar-refractivity contribution in [3.8, 4) is 0 Å². The molecule has 5 fully saturated rings. The molecule has 24 nitrogen and oxygen atoms in total. The van der Waals surface area contributed by atoms with Gasteiger partial charge in [0.1, 0.15) is 34.7 Å². The highest BCUT2D eigenvalue weighted by atomic mass is 16.2. The van der Waals surface area contributed by atoms with Crippen LogP contribution in [0.1, 0.15) is 246 Å². The van der Waals surface area contributed by atoms with Crippen LogP contribution in [0.5, 0.6) is 0 Å². The standard InChI is InChI=1S/C21H32N2O2.2C20H30N2O2.2C18H30N2O2.C18H28N2O2/c1-21(2,3)19(24)16-17-10-6-7-11-18(17)20(25)22(4)14-15-23-12-8-5-9-13-23;1-20(2,3)18(23)13-15-9-6-7-11-17(15)19(24)22(5)14-16-10-8-12-21(16)4;1-20(2,3)18(23)15-16-9-5-6-10-17(16)19(24)21(4)13-14-22-11-7-8-12-22;2*1-18(2,3)16(21)14-12-7-8-13(11-12)15(14)17(22)20(6)10-9-19(4)5;1-18(2,3)16(21)13-14-9-7-8-10-15(14)17(22)20(6)12-11-19(4)5/h6-7,10-11H,5,8-9,12-16H2,1-4H3;6-7,9,11,16H,8,10,12-14H2,1-5H3;5-6,9-10H,7-8,11-15H2,1-4H3;2*7-8,12-15H,9-11H2,1-6H3;7-10H,11-13H2,1-6H3/t;;;2*12?,13?,14-,15+;/m...10./s1. The van der Waals surface area contributed by atoms with Gasteiger partial charge in [-0.05, 0) is 204 Å². The number of benzene rings is 4. The smallest absolute Gasteiger partial charge is 0.253 e. The number of amides is 6. The molecule has 11 rings (SSSR count). The Labute approximate surface area is 837 Å². The summed E-state index contributed by atoms with van der Waals surface area (Å²) in [4.78, 5) is 176. The number of Topliss-reactive ketones (excluding diaryl/α,β-unsaturated/α-hetero) is 6. The van der Waals surface area contributed by atoms with E-state index >= 15 is 0 Å². The zero-order valence-electron chi connectivity index (χ0n) is 91.5. The first-order valence-electron chi connectivity index (χ1n) is 51.2. The fourth-order valence-electron chi connectivity index (χ4n) is 18.6. The van der Waals surface area contributed by atoms with Crippen LogP contribution in [0.15, 0.2) is 121 Å². The molecule has 3 saturated heterocycles. The van der Waals surface area contributed by atoms with Gasteiger partial charge in [-0.2, -0.15) is 0 Å². The van der Waals surface area contributed by atoms with Crippen LogP contribution in [0.4, 0.5) is 0 Å². The lowest BCUT2D eigenvalue weighted by Crippen LogP contribution is -2.45. The molecule has 5 unspecified atom stereocenters. The third-order valence-corrected chi connectivity index (χ3v) is 28.4. The van der Waals surface area contributed by atoms with E-state index in [9.17, 15) is 57.5 Å². The van der Waals surface area contributed by atoms with Gasteiger partial charge in [-0.25, -0.2) is 0 Å². The van der Waals surface area contributed by atoms with Gasteiger partial charge in [-0.15, -0.1) is 0 Å². The van der Waals surface area contributed by atoms with Crippen LogP contribution in [-0.2, 0) is 64.0 Å². The molecule has 0 aromatic heterocycles. The van der Waals surface area contributed by atoms with Gasteiger partial charge in [0.2, 0.25) is 11.8 Å². The number of ketones is 6. The summed E-state index contributed by atoms with van der Waals surface area (Å²) in [6, 6.07) is 30.3. The van der Waals surface area contributed by atoms with Crippen molar-refractivity contribution in [2.24, 2.45) is 79.8 Å². The van der Waals surface area contributed by atoms with E-state index in [1.54, 1.807) is 32.7 Å². The van der Waals surface area contributed by atoms with Gasteiger partial charge >= 0.3 is 0 Å². The van der Waals surface area contributed by atoms with E-state index in [0.717, 1.165) is 127 Å². The van der Waals surface area contributed by atoms with Crippen LogP contribution >= 0.6 is 0 Å². The molecule has 6 amide bonds. The number of allylic oxidation sites excluding steroid dienone is 4. The molecule has 2 saturated carbocycles. The molecule has 7 aliphatic rings. The second kappa shape index (κ2) is 53.3. The van der Waals surface area contributed by atoms with Gasteiger partial charge in [-0.3, -0.25) is 57.5 Å². The van der Waals surface area contributed by atoms with Gasteiger partial charge in [0.25, 0.3) is 23.6 Å². The predicted molar refractivity (Wildman–Crippen MR) is 563 cm³/mol. The first kappa shape index (κ1) is 119. The quantitative estimate of drug-likeness (QED) is 0.0402. The van der Waals surface area contributed by atoms with Gasteiger partial charge in [0.05, 0.1) is 11.8 Å². The molecule has 4 bridgehead atoms. The molecule has 3 aliphatic heterocycles. The molecular weight excluding hydrogens is 1740 g/mol. The monoisotopic (exact) mass is 1920 g/mol. The average molecular weight is 1920 g/mol. The van der Waals surface area contributed by atoms with Crippen molar-refractivity contribution >= 4 is 70.1 Å². The van der Waals surface area contributed by atoms with Crippen LogP contribution in [-0.4, -0.2) is 331 Å². The summed E-state index contributed by atoms with van der Waals surface area (Å²) in [6.45, 7) is 49.0. The number of hydrogen-bond donors (Lipinski definition) is 0. The number of carbonyl (C=O) groups excluding carboxylic acids is 12. The third-order valence-electron chi connectivity index (χ3n) is 28.4. The molecule has 0 spiro atoms. The lowest BCUT2D eigenvalue weighted by atomic mass is 9.72. The Morgan fingerprint density at radius 2 is 0.540 bits per heavy atom. The zero-order chi connectivity index (χ0) is 104. The summed E-state index contributed by atoms with van der Waals surface area (Å²) < 4.78 is 0. The molecular formula is C115H180N12O12. The Morgan fingerprint density at radius 3 is 0.799 bits per heavy atom. The first-order valence-corrected chi connectivity index (χ1v) is 51.2. The van der Waals surface area contributed by atoms with Crippen molar-refractivity contribution in [2.45, 2.75) is 214 Å². The van der Waals surface area contributed by atoms with Crippen LogP contribution < -0.4 is 0 Å². The van der Waals surface area contributed by atoms with Crippen molar-refractivity contribution in [3.05, 3.63) is 166 Å². The number of piperidine rings is 1. The van der Waals surface area contributed by atoms with E-state index in [0.29, 0.717) is 73.6 Å². The fraction of sp³-hybridized carbons (Fsp3) is 0.652. The molecule has 139 heavy (non-hydrogen) atoms. The Balaban J connectivity index is 0.000000256. The molecule has 24 heteroatoms. The van der Waals surface area contributed by atoms with Crippen molar-refractivity contribution in [3.63, 3.8) is 0 Å². The highest BCUT2D eigenvalue weighted by Crippen LogP contribution is 2.52.